The maximum Gasteiger partial charge on any atom is 0.188 e. The summed E-state index contributed by atoms with van der Waals surface area (Å²) in [7, 11) is 0. The molecule has 0 aliphatic heterocycles. The molecule has 0 bridgehead atoms. The number of rotatable bonds is 9. The minimum atomic E-state index is 0.541. The average Bonchev–Trinajstić information content (AvgIpc) is 2.81. The lowest BCUT2D eigenvalue weighted by Gasteiger charge is -2.05. The number of thiazole rings is 1. The summed E-state index contributed by atoms with van der Waals surface area (Å²) in [5, 5.41) is 4.24. The highest BCUT2D eigenvalue weighted by Crippen LogP contribution is 2.12. The highest BCUT2D eigenvalue weighted by atomic mass is 32.1. The molecule has 4 nitrogen and oxygen atoms in total. The van der Waals surface area contributed by atoms with Crippen LogP contribution in [0.25, 0.3) is 0 Å². The van der Waals surface area contributed by atoms with Gasteiger partial charge < -0.3 is 11.1 Å². The minimum Gasteiger partial charge on any atom is -0.370 e. The third kappa shape index (κ3) is 7.82. The summed E-state index contributed by atoms with van der Waals surface area (Å²) in [4.78, 5) is 9.66. The Morgan fingerprint density at radius 3 is 2.74 bits per heavy atom. The van der Waals surface area contributed by atoms with E-state index in [0.29, 0.717) is 12.5 Å². The molecule has 1 rings (SSSR count). The monoisotopic (exact) mass is 282 g/mol. The van der Waals surface area contributed by atoms with E-state index in [9.17, 15) is 0 Å². The molecule has 0 fully saturated rings. The number of hydrogen-bond acceptors (Lipinski definition) is 3. The van der Waals surface area contributed by atoms with Crippen LogP contribution in [0.15, 0.2) is 11.2 Å². The van der Waals surface area contributed by atoms with Crippen LogP contribution in [0.1, 0.15) is 55.3 Å². The Balaban J connectivity index is 2.05. The summed E-state index contributed by atoms with van der Waals surface area (Å²) in [5.74, 6) is 0.541. The van der Waals surface area contributed by atoms with Gasteiger partial charge in [-0.25, -0.2) is 9.98 Å². The molecule has 0 atom stereocenters. The van der Waals surface area contributed by atoms with E-state index in [1.54, 1.807) is 11.3 Å². The molecular formula is C14H26N4S. The maximum absolute atomic E-state index is 5.81. The number of unbranched alkanes of at least 4 members (excludes halogenated alkanes) is 5. The summed E-state index contributed by atoms with van der Waals surface area (Å²) in [5.41, 5.74) is 5.81. The van der Waals surface area contributed by atoms with Gasteiger partial charge in [0, 0.05) is 17.6 Å². The Morgan fingerprint density at radius 2 is 2.05 bits per heavy atom. The molecule has 1 aromatic heterocycles. The van der Waals surface area contributed by atoms with Crippen molar-refractivity contribution in [3.63, 3.8) is 0 Å². The second kappa shape index (κ2) is 9.78. The van der Waals surface area contributed by atoms with Crippen LogP contribution >= 0.6 is 11.3 Å². The van der Waals surface area contributed by atoms with E-state index in [4.69, 9.17) is 5.73 Å². The highest BCUT2D eigenvalue weighted by Gasteiger charge is 1.97. The average molecular weight is 282 g/mol. The maximum atomic E-state index is 5.81. The van der Waals surface area contributed by atoms with Gasteiger partial charge in [0.15, 0.2) is 5.96 Å². The van der Waals surface area contributed by atoms with Crippen LogP contribution in [-0.2, 0) is 6.54 Å². The lowest BCUT2D eigenvalue weighted by atomic mass is 10.1. The van der Waals surface area contributed by atoms with E-state index >= 15 is 0 Å². The van der Waals surface area contributed by atoms with Gasteiger partial charge in [0.05, 0.1) is 11.6 Å². The SMILES string of the molecule is CCCCCCCCNC(N)=NCc1cnc(C)s1. The van der Waals surface area contributed by atoms with Crippen LogP contribution < -0.4 is 11.1 Å². The second-order valence-corrected chi connectivity index (χ2v) is 6.06. The number of aliphatic imine (C=N–C) groups is 1. The van der Waals surface area contributed by atoms with Gasteiger partial charge in [-0.1, -0.05) is 39.0 Å². The molecule has 0 aromatic carbocycles. The zero-order valence-electron chi connectivity index (χ0n) is 12.1. The lowest BCUT2D eigenvalue weighted by Crippen LogP contribution is -2.32. The Morgan fingerprint density at radius 1 is 1.32 bits per heavy atom. The summed E-state index contributed by atoms with van der Waals surface area (Å²) in [6.45, 7) is 5.78. The first-order chi connectivity index (χ1) is 9.22. The highest BCUT2D eigenvalue weighted by molar-refractivity contribution is 7.11. The number of nitrogens with zero attached hydrogens (tertiary/aromatic N) is 2. The number of nitrogens with one attached hydrogen (secondary N) is 1. The van der Waals surface area contributed by atoms with Gasteiger partial charge in [0.1, 0.15) is 0 Å². The van der Waals surface area contributed by atoms with Gasteiger partial charge in [-0.2, -0.15) is 0 Å². The van der Waals surface area contributed by atoms with Gasteiger partial charge in [-0.15, -0.1) is 11.3 Å². The Labute approximate surface area is 120 Å². The van der Waals surface area contributed by atoms with Crippen molar-refractivity contribution < 1.29 is 0 Å². The third-order valence-electron chi connectivity index (χ3n) is 2.91. The Kier molecular flexibility index (Phi) is 8.21. The largest absolute Gasteiger partial charge is 0.370 e. The van der Waals surface area contributed by atoms with Gasteiger partial charge in [0.2, 0.25) is 0 Å². The van der Waals surface area contributed by atoms with Gasteiger partial charge in [0.25, 0.3) is 0 Å². The molecule has 0 unspecified atom stereocenters. The summed E-state index contributed by atoms with van der Waals surface area (Å²) >= 11 is 1.67. The van der Waals surface area contributed by atoms with E-state index in [2.05, 4.69) is 22.2 Å². The van der Waals surface area contributed by atoms with Crippen molar-refractivity contribution in [3.05, 3.63) is 16.1 Å². The van der Waals surface area contributed by atoms with E-state index in [1.165, 1.54) is 38.5 Å². The molecule has 1 heterocycles. The van der Waals surface area contributed by atoms with Gasteiger partial charge in [-0.3, -0.25) is 0 Å². The standard InChI is InChI=1S/C14H26N4S/c1-3-4-5-6-7-8-9-16-14(15)18-11-13-10-17-12(2)19-13/h10H,3-9,11H2,1-2H3,(H3,15,16,18). The number of aromatic nitrogens is 1. The second-order valence-electron chi connectivity index (χ2n) is 4.74. The van der Waals surface area contributed by atoms with Gasteiger partial charge in [-0.05, 0) is 13.3 Å². The lowest BCUT2D eigenvalue weighted by molar-refractivity contribution is 0.601. The molecule has 0 saturated carbocycles. The molecule has 1 aromatic rings. The zero-order chi connectivity index (χ0) is 13.9. The van der Waals surface area contributed by atoms with Crippen molar-refractivity contribution in [2.24, 2.45) is 10.7 Å². The fraction of sp³-hybridized carbons (Fsp3) is 0.714. The first-order valence-corrected chi connectivity index (χ1v) is 7.99. The van der Waals surface area contributed by atoms with Crippen LogP contribution in [0.3, 0.4) is 0 Å². The Hall–Kier alpha value is -1.10. The molecule has 0 aliphatic carbocycles. The van der Waals surface area contributed by atoms with Crippen molar-refractivity contribution in [2.75, 3.05) is 6.54 Å². The van der Waals surface area contributed by atoms with E-state index in [-0.39, 0.29) is 0 Å². The number of guanidine groups is 1. The van der Waals surface area contributed by atoms with Crippen molar-refractivity contribution >= 4 is 17.3 Å². The summed E-state index contributed by atoms with van der Waals surface area (Å²) < 4.78 is 0. The molecule has 0 radical (unpaired) electrons. The normalized spacial score (nSPS) is 11.8. The molecular weight excluding hydrogens is 256 g/mol. The number of aryl methyl sites for hydroxylation is 1. The smallest absolute Gasteiger partial charge is 0.188 e. The number of nitrogens with two attached hydrogens (primary N) is 1. The predicted molar refractivity (Wildman–Crippen MR) is 83.6 cm³/mol. The molecule has 108 valence electrons. The predicted octanol–water partition coefficient (Wildman–Crippen LogP) is 3.22. The van der Waals surface area contributed by atoms with E-state index in [0.717, 1.165) is 16.4 Å². The van der Waals surface area contributed by atoms with Gasteiger partial charge >= 0.3 is 0 Å². The Bertz CT molecular complexity index is 373. The third-order valence-corrected chi connectivity index (χ3v) is 3.81. The van der Waals surface area contributed by atoms with E-state index in [1.807, 2.05) is 13.1 Å². The van der Waals surface area contributed by atoms with Crippen molar-refractivity contribution in [3.8, 4) is 0 Å². The van der Waals surface area contributed by atoms with Crippen LogP contribution in [0.5, 0.6) is 0 Å². The zero-order valence-corrected chi connectivity index (χ0v) is 12.9. The van der Waals surface area contributed by atoms with Crippen molar-refractivity contribution in [1.29, 1.82) is 0 Å². The fourth-order valence-electron chi connectivity index (χ4n) is 1.82. The summed E-state index contributed by atoms with van der Waals surface area (Å²) in [6, 6.07) is 0. The molecule has 0 spiro atoms. The molecule has 19 heavy (non-hydrogen) atoms. The molecule has 0 aliphatic rings. The molecule has 3 N–H and O–H groups in total. The van der Waals surface area contributed by atoms with E-state index < -0.39 is 0 Å². The summed E-state index contributed by atoms with van der Waals surface area (Å²) in [6.07, 6.45) is 9.64. The quantitative estimate of drug-likeness (QED) is 0.415. The number of hydrogen-bond donors (Lipinski definition) is 2. The topological polar surface area (TPSA) is 63.3 Å². The van der Waals surface area contributed by atoms with Crippen LogP contribution in [-0.4, -0.2) is 17.5 Å². The molecule has 5 heteroatoms. The molecule has 0 saturated heterocycles. The van der Waals surface area contributed by atoms with Crippen molar-refractivity contribution in [1.82, 2.24) is 10.3 Å². The minimum absolute atomic E-state index is 0.541. The van der Waals surface area contributed by atoms with Crippen LogP contribution in [0.2, 0.25) is 0 Å². The van der Waals surface area contributed by atoms with Crippen LogP contribution in [0, 0.1) is 6.92 Å². The van der Waals surface area contributed by atoms with Crippen molar-refractivity contribution in [2.45, 2.75) is 58.9 Å². The first-order valence-electron chi connectivity index (χ1n) is 7.17. The fourth-order valence-corrected chi connectivity index (χ4v) is 2.54. The van der Waals surface area contributed by atoms with Crippen LogP contribution in [0.4, 0.5) is 0 Å². The first kappa shape index (κ1) is 16.0. The molecule has 0 amide bonds.